The zero-order valence-corrected chi connectivity index (χ0v) is 11.9. The summed E-state index contributed by atoms with van der Waals surface area (Å²) in [6.07, 6.45) is 1.57. The van der Waals surface area contributed by atoms with Crippen LogP contribution in [0.3, 0.4) is 0 Å². The molecule has 1 amide bonds. The maximum Gasteiger partial charge on any atom is 0.404 e. The summed E-state index contributed by atoms with van der Waals surface area (Å²) in [4.78, 5) is 22.0. The van der Waals surface area contributed by atoms with Crippen LogP contribution in [0.15, 0.2) is 0 Å². The summed E-state index contributed by atoms with van der Waals surface area (Å²) in [5.41, 5.74) is 4.02. The molecule has 1 rings (SSSR count). The summed E-state index contributed by atoms with van der Waals surface area (Å²) in [5, 5.41) is 13.4. The molecule has 0 bridgehead atoms. The molecule has 4 N–H and O–H groups in total. The Bertz CT molecular complexity index is 327. The van der Waals surface area contributed by atoms with Crippen LogP contribution >= 0.6 is 0 Å². The Kier molecular flexibility index (Phi) is 6.74. The second-order valence-electron chi connectivity index (χ2n) is 5.09. The van der Waals surface area contributed by atoms with E-state index in [1.807, 2.05) is 0 Å². The van der Waals surface area contributed by atoms with Gasteiger partial charge in [0.05, 0.1) is 18.1 Å². The van der Waals surface area contributed by atoms with Gasteiger partial charge in [0.25, 0.3) is 0 Å². The van der Waals surface area contributed by atoms with E-state index in [-0.39, 0.29) is 18.5 Å². The summed E-state index contributed by atoms with van der Waals surface area (Å²) >= 11 is 0. The number of carbonyl (C=O) groups excluding carboxylic acids is 2. The standard InChI is InChI=1S/C13H24N2O5/c1-2-19-11(16)10-3-5-13(18,6-4-10)9-15-7-8-20-12(14)17/h10,15,18H,2-9H2,1H3,(H2,14,17). The van der Waals surface area contributed by atoms with Gasteiger partial charge in [-0.3, -0.25) is 4.79 Å². The van der Waals surface area contributed by atoms with Gasteiger partial charge in [0.1, 0.15) is 6.61 Å². The molecule has 20 heavy (non-hydrogen) atoms. The normalized spacial score (nSPS) is 26.0. The van der Waals surface area contributed by atoms with E-state index in [0.717, 1.165) is 0 Å². The quantitative estimate of drug-likeness (QED) is 0.454. The van der Waals surface area contributed by atoms with Crippen LogP contribution < -0.4 is 11.1 Å². The summed E-state index contributed by atoms with van der Waals surface area (Å²) in [5.74, 6) is -0.272. The number of nitrogens with one attached hydrogen (secondary N) is 1. The molecule has 1 fully saturated rings. The number of hydrogen-bond acceptors (Lipinski definition) is 6. The fraction of sp³-hybridized carbons (Fsp3) is 0.846. The van der Waals surface area contributed by atoms with Crippen molar-refractivity contribution in [1.29, 1.82) is 0 Å². The van der Waals surface area contributed by atoms with Crippen LogP contribution in [0.4, 0.5) is 4.79 Å². The van der Waals surface area contributed by atoms with Crippen molar-refractivity contribution in [2.75, 3.05) is 26.3 Å². The molecule has 1 saturated carbocycles. The van der Waals surface area contributed by atoms with Crippen molar-refractivity contribution in [2.45, 2.75) is 38.2 Å². The molecule has 0 aromatic heterocycles. The second kappa shape index (κ2) is 8.06. The third-order valence-electron chi connectivity index (χ3n) is 3.51. The van der Waals surface area contributed by atoms with Crippen LogP contribution in [-0.4, -0.2) is 49.1 Å². The molecule has 0 unspecified atom stereocenters. The van der Waals surface area contributed by atoms with Crippen LogP contribution in [0.25, 0.3) is 0 Å². The van der Waals surface area contributed by atoms with Crippen LogP contribution in [0.5, 0.6) is 0 Å². The molecule has 0 atom stereocenters. The van der Waals surface area contributed by atoms with Gasteiger partial charge < -0.3 is 25.6 Å². The van der Waals surface area contributed by atoms with Gasteiger partial charge in [-0.1, -0.05) is 0 Å². The van der Waals surface area contributed by atoms with Gasteiger partial charge in [0.15, 0.2) is 0 Å². The van der Waals surface area contributed by atoms with Crippen LogP contribution in [0.2, 0.25) is 0 Å². The van der Waals surface area contributed by atoms with Gasteiger partial charge in [-0.05, 0) is 32.6 Å². The first kappa shape index (κ1) is 16.7. The van der Waals surface area contributed by atoms with Crippen molar-refractivity contribution in [1.82, 2.24) is 5.32 Å². The number of carbonyl (C=O) groups is 2. The lowest BCUT2D eigenvalue weighted by Crippen LogP contribution is -2.45. The lowest BCUT2D eigenvalue weighted by Gasteiger charge is -2.35. The molecule has 0 aromatic rings. The van der Waals surface area contributed by atoms with E-state index in [9.17, 15) is 14.7 Å². The average molecular weight is 288 g/mol. The summed E-state index contributed by atoms with van der Waals surface area (Å²) in [6.45, 7) is 3.20. The smallest absolute Gasteiger partial charge is 0.404 e. The minimum Gasteiger partial charge on any atom is -0.466 e. The molecule has 7 nitrogen and oxygen atoms in total. The van der Waals surface area contributed by atoms with Crippen molar-refractivity contribution in [3.8, 4) is 0 Å². The predicted molar refractivity (Wildman–Crippen MR) is 71.9 cm³/mol. The zero-order chi connectivity index (χ0) is 15.0. The number of rotatable bonds is 7. The molecule has 0 aromatic carbocycles. The fourth-order valence-electron chi connectivity index (χ4n) is 2.37. The van der Waals surface area contributed by atoms with Crippen LogP contribution in [0.1, 0.15) is 32.6 Å². The van der Waals surface area contributed by atoms with Crippen molar-refractivity contribution in [3.05, 3.63) is 0 Å². The van der Waals surface area contributed by atoms with Gasteiger partial charge in [-0.25, -0.2) is 4.79 Å². The van der Waals surface area contributed by atoms with Crippen LogP contribution in [-0.2, 0) is 14.3 Å². The first-order chi connectivity index (χ1) is 9.47. The van der Waals surface area contributed by atoms with Gasteiger partial charge in [0.2, 0.25) is 0 Å². The van der Waals surface area contributed by atoms with Gasteiger partial charge in [0, 0.05) is 13.1 Å². The number of esters is 1. The molecule has 0 aliphatic heterocycles. The molecular formula is C13H24N2O5. The average Bonchev–Trinajstić information content (AvgIpc) is 2.39. The summed E-state index contributed by atoms with van der Waals surface area (Å²) in [7, 11) is 0. The Hall–Kier alpha value is -1.34. The number of amides is 1. The van der Waals surface area contributed by atoms with Crippen molar-refractivity contribution in [2.24, 2.45) is 11.7 Å². The van der Waals surface area contributed by atoms with E-state index in [4.69, 9.17) is 10.5 Å². The molecule has 1 aliphatic rings. The van der Waals surface area contributed by atoms with E-state index in [1.165, 1.54) is 0 Å². The highest BCUT2D eigenvalue weighted by molar-refractivity contribution is 5.72. The van der Waals surface area contributed by atoms with E-state index in [0.29, 0.717) is 45.4 Å². The largest absolute Gasteiger partial charge is 0.466 e. The number of hydrogen-bond donors (Lipinski definition) is 3. The highest BCUT2D eigenvalue weighted by atomic mass is 16.5. The predicted octanol–water partition coefficient (Wildman–Crippen LogP) is 0.156. The Morgan fingerprint density at radius 2 is 2.00 bits per heavy atom. The zero-order valence-electron chi connectivity index (χ0n) is 11.9. The van der Waals surface area contributed by atoms with E-state index < -0.39 is 11.7 Å². The number of primary amides is 1. The lowest BCUT2D eigenvalue weighted by atomic mass is 9.79. The molecule has 0 saturated heterocycles. The topological polar surface area (TPSA) is 111 Å². The molecule has 0 radical (unpaired) electrons. The summed E-state index contributed by atoms with van der Waals surface area (Å²) in [6, 6.07) is 0. The van der Waals surface area contributed by atoms with Gasteiger partial charge >= 0.3 is 12.1 Å². The minimum absolute atomic E-state index is 0.103. The summed E-state index contributed by atoms with van der Waals surface area (Å²) < 4.78 is 9.56. The van der Waals surface area contributed by atoms with Crippen LogP contribution in [0, 0.1) is 5.92 Å². The van der Waals surface area contributed by atoms with E-state index >= 15 is 0 Å². The van der Waals surface area contributed by atoms with Crippen molar-refractivity contribution >= 4 is 12.1 Å². The minimum atomic E-state index is -0.810. The lowest BCUT2D eigenvalue weighted by molar-refractivity contribution is -0.151. The number of nitrogens with two attached hydrogens (primary N) is 1. The Labute approximate surface area is 118 Å². The molecule has 1 aliphatic carbocycles. The SMILES string of the molecule is CCOC(=O)C1CCC(O)(CNCCOC(N)=O)CC1. The maximum atomic E-state index is 11.6. The third-order valence-corrected chi connectivity index (χ3v) is 3.51. The molecular weight excluding hydrogens is 264 g/mol. The molecule has 7 heteroatoms. The van der Waals surface area contributed by atoms with Gasteiger partial charge in [-0.15, -0.1) is 0 Å². The monoisotopic (exact) mass is 288 g/mol. The molecule has 0 heterocycles. The number of ether oxygens (including phenoxy) is 2. The van der Waals surface area contributed by atoms with Gasteiger partial charge in [-0.2, -0.15) is 0 Å². The van der Waals surface area contributed by atoms with E-state index in [2.05, 4.69) is 10.1 Å². The number of aliphatic hydroxyl groups is 1. The maximum absolute atomic E-state index is 11.6. The van der Waals surface area contributed by atoms with Crippen molar-refractivity contribution in [3.63, 3.8) is 0 Å². The van der Waals surface area contributed by atoms with Crippen molar-refractivity contribution < 1.29 is 24.2 Å². The fourth-order valence-corrected chi connectivity index (χ4v) is 2.37. The molecule has 116 valence electrons. The third kappa shape index (κ3) is 5.75. The highest BCUT2D eigenvalue weighted by Crippen LogP contribution is 2.32. The van der Waals surface area contributed by atoms with E-state index in [1.54, 1.807) is 6.92 Å². The Morgan fingerprint density at radius 1 is 1.35 bits per heavy atom. The Balaban J connectivity index is 2.21. The first-order valence-electron chi connectivity index (χ1n) is 6.99. The Morgan fingerprint density at radius 3 is 2.55 bits per heavy atom. The highest BCUT2D eigenvalue weighted by Gasteiger charge is 2.35. The first-order valence-corrected chi connectivity index (χ1v) is 6.99. The second-order valence-corrected chi connectivity index (χ2v) is 5.09. The molecule has 0 spiro atoms.